The molecule has 1 aliphatic carbocycles. The zero-order chi connectivity index (χ0) is 8.72. The van der Waals surface area contributed by atoms with Crippen LogP contribution >= 0.6 is 0 Å². The van der Waals surface area contributed by atoms with E-state index in [-0.39, 0.29) is 5.56 Å². The topological polar surface area (TPSA) is 17.8 Å². The third-order valence-electron chi connectivity index (χ3n) is 2.09. The highest BCUT2D eigenvalue weighted by atomic mass is 19.3. The van der Waals surface area contributed by atoms with E-state index in [1.165, 1.54) is 10.9 Å². The van der Waals surface area contributed by atoms with Gasteiger partial charge in [-0.05, 0) is 12.8 Å². The molecule has 1 aromatic rings. The molecule has 0 N–H and O–H groups in total. The number of rotatable bonds is 2. The van der Waals surface area contributed by atoms with E-state index in [9.17, 15) is 8.78 Å². The lowest BCUT2D eigenvalue weighted by Gasteiger charge is -1.96. The van der Waals surface area contributed by atoms with Gasteiger partial charge >= 0.3 is 0 Å². The maximum Gasteiger partial charge on any atom is 0.267 e. The van der Waals surface area contributed by atoms with Crippen LogP contribution in [0.4, 0.5) is 8.78 Å². The minimum absolute atomic E-state index is 0.111. The van der Waals surface area contributed by atoms with Crippen molar-refractivity contribution in [3.05, 3.63) is 17.5 Å². The summed E-state index contributed by atoms with van der Waals surface area (Å²) in [7, 11) is 1.68. The monoisotopic (exact) mass is 172 g/mol. The Morgan fingerprint density at radius 3 is 2.75 bits per heavy atom. The zero-order valence-electron chi connectivity index (χ0n) is 6.80. The number of hydrogen-bond acceptors (Lipinski definition) is 1. The summed E-state index contributed by atoms with van der Waals surface area (Å²) in [6, 6.07) is 0. The molecule has 2 rings (SSSR count). The standard InChI is InChI=1S/C8H10F2N2/c1-12-4-6(8(9)10)7(11-12)5-2-3-5/h4-5,8H,2-3H2,1H3. The van der Waals surface area contributed by atoms with Crippen molar-refractivity contribution < 1.29 is 8.78 Å². The van der Waals surface area contributed by atoms with Crippen molar-refractivity contribution in [3.63, 3.8) is 0 Å². The molecule has 66 valence electrons. The number of aryl methyl sites for hydroxylation is 1. The Kier molecular flexibility index (Phi) is 1.63. The molecule has 1 heterocycles. The van der Waals surface area contributed by atoms with Crippen LogP contribution in [0.3, 0.4) is 0 Å². The van der Waals surface area contributed by atoms with E-state index in [0.29, 0.717) is 11.6 Å². The molecule has 4 heteroatoms. The fraction of sp³-hybridized carbons (Fsp3) is 0.625. The predicted molar refractivity (Wildman–Crippen MR) is 40.1 cm³/mol. The fourth-order valence-electron chi connectivity index (χ4n) is 1.37. The van der Waals surface area contributed by atoms with Gasteiger partial charge in [0.05, 0.1) is 11.3 Å². The quantitative estimate of drug-likeness (QED) is 0.668. The van der Waals surface area contributed by atoms with E-state index >= 15 is 0 Å². The Morgan fingerprint density at radius 2 is 2.25 bits per heavy atom. The molecule has 0 bridgehead atoms. The molecule has 2 nitrogen and oxygen atoms in total. The summed E-state index contributed by atoms with van der Waals surface area (Å²) < 4.78 is 26.2. The second-order valence-corrected chi connectivity index (χ2v) is 3.22. The van der Waals surface area contributed by atoms with Gasteiger partial charge in [0, 0.05) is 19.2 Å². The average molecular weight is 172 g/mol. The van der Waals surface area contributed by atoms with Gasteiger partial charge in [0.2, 0.25) is 0 Å². The van der Waals surface area contributed by atoms with Crippen molar-refractivity contribution in [1.82, 2.24) is 9.78 Å². The van der Waals surface area contributed by atoms with Crippen molar-refractivity contribution >= 4 is 0 Å². The third kappa shape index (κ3) is 1.21. The second-order valence-electron chi connectivity index (χ2n) is 3.22. The maximum atomic E-state index is 12.4. The summed E-state index contributed by atoms with van der Waals surface area (Å²) in [4.78, 5) is 0. The predicted octanol–water partition coefficient (Wildman–Crippen LogP) is 2.24. The summed E-state index contributed by atoms with van der Waals surface area (Å²) in [6.07, 6.45) is 1.06. The van der Waals surface area contributed by atoms with Crippen molar-refractivity contribution in [3.8, 4) is 0 Å². The van der Waals surface area contributed by atoms with Gasteiger partial charge in [0.15, 0.2) is 0 Å². The maximum absolute atomic E-state index is 12.4. The Morgan fingerprint density at radius 1 is 1.58 bits per heavy atom. The number of halogens is 2. The molecule has 0 saturated heterocycles. The minimum atomic E-state index is -2.38. The van der Waals surface area contributed by atoms with Gasteiger partial charge in [-0.25, -0.2) is 8.78 Å². The summed E-state index contributed by atoms with van der Waals surface area (Å²) in [5, 5.41) is 4.03. The Labute approximate surface area is 69.2 Å². The first-order valence-electron chi connectivity index (χ1n) is 4.00. The largest absolute Gasteiger partial charge is 0.275 e. The number of hydrogen-bond donors (Lipinski definition) is 0. The highest BCUT2D eigenvalue weighted by Gasteiger charge is 2.31. The van der Waals surface area contributed by atoms with Crippen LogP contribution in [0, 0.1) is 0 Å². The Bertz CT molecular complexity index is 270. The summed E-state index contributed by atoms with van der Waals surface area (Å²) >= 11 is 0. The van der Waals surface area contributed by atoms with E-state index in [2.05, 4.69) is 5.10 Å². The van der Waals surface area contributed by atoms with Gasteiger partial charge in [-0.3, -0.25) is 4.68 Å². The van der Waals surface area contributed by atoms with E-state index < -0.39 is 6.43 Å². The van der Waals surface area contributed by atoms with Gasteiger partial charge in [-0.15, -0.1) is 0 Å². The summed E-state index contributed by atoms with van der Waals surface area (Å²) in [5.74, 6) is 0.301. The van der Waals surface area contributed by atoms with Crippen molar-refractivity contribution in [1.29, 1.82) is 0 Å². The molecule has 0 atom stereocenters. The van der Waals surface area contributed by atoms with E-state index in [4.69, 9.17) is 0 Å². The highest BCUT2D eigenvalue weighted by Crippen LogP contribution is 2.42. The first-order chi connectivity index (χ1) is 5.68. The second kappa shape index (κ2) is 2.54. The van der Waals surface area contributed by atoms with Crippen LogP contribution < -0.4 is 0 Å². The smallest absolute Gasteiger partial charge is 0.267 e. The zero-order valence-corrected chi connectivity index (χ0v) is 6.80. The van der Waals surface area contributed by atoms with Crippen LogP contribution in [0.25, 0.3) is 0 Å². The van der Waals surface area contributed by atoms with Crippen LogP contribution in [-0.4, -0.2) is 9.78 Å². The minimum Gasteiger partial charge on any atom is -0.275 e. The van der Waals surface area contributed by atoms with Crippen molar-refractivity contribution in [2.24, 2.45) is 7.05 Å². The molecular weight excluding hydrogens is 162 g/mol. The van der Waals surface area contributed by atoms with Crippen LogP contribution in [0.5, 0.6) is 0 Å². The molecule has 1 aliphatic rings. The molecule has 12 heavy (non-hydrogen) atoms. The molecule has 0 spiro atoms. The molecule has 0 amide bonds. The number of aromatic nitrogens is 2. The molecule has 1 fully saturated rings. The van der Waals surface area contributed by atoms with Crippen LogP contribution in [-0.2, 0) is 7.05 Å². The van der Waals surface area contributed by atoms with Gasteiger partial charge < -0.3 is 0 Å². The number of alkyl halides is 2. The molecular formula is C8H10F2N2. The van der Waals surface area contributed by atoms with Gasteiger partial charge in [-0.2, -0.15) is 5.10 Å². The van der Waals surface area contributed by atoms with Crippen LogP contribution in [0.2, 0.25) is 0 Å². The van der Waals surface area contributed by atoms with E-state index in [1.54, 1.807) is 7.05 Å². The van der Waals surface area contributed by atoms with Crippen LogP contribution in [0.1, 0.15) is 36.4 Å². The lowest BCUT2D eigenvalue weighted by atomic mass is 10.2. The van der Waals surface area contributed by atoms with Crippen molar-refractivity contribution in [2.45, 2.75) is 25.2 Å². The summed E-state index contributed by atoms with van der Waals surface area (Å²) in [6.45, 7) is 0. The Balaban J connectivity index is 2.36. The summed E-state index contributed by atoms with van der Waals surface area (Å²) in [5.41, 5.74) is 0.715. The number of nitrogens with zero attached hydrogens (tertiary/aromatic N) is 2. The first kappa shape index (κ1) is 7.71. The molecule has 1 saturated carbocycles. The molecule has 0 aliphatic heterocycles. The lowest BCUT2D eigenvalue weighted by Crippen LogP contribution is -1.90. The third-order valence-corrected chi connectivity index (χ3v) is 2.09. The molecule has 0 radical (unpaired) electrons. The van der Waals surface area contributed by atoms with Crippen molar-refractivity contribution in [2.75, 3.05) is 0 Å². The lowest BCUT2D eigenvalue weighted by molar-refractivity contribution is 0.150. The molecule has 0 unspecified atom stereocenters. The normalized spacial score (nSPS) is 17.3. The van der Waals surface area contributed by atoms with E-state index in [0.717, 1.165) is 12.8 Å². The SMILES string of the molecule is Cn1cc(C(F)F)c(C2CC2)n1. The van der Waals surface area contributed by atoms with Gasteiger partial charge in [0.25, 0.3) is 6.43 Å². The Hall–Kier alpha value is -0.930. The van der Waals surface area contributed by atoms with Gasteiger partial charge in [-0.1, -0.05) is 0 Å². The van der Waals surface area contributed by atoms with E-state index in [1.807, 2.05) is 0 Å². The first-order valence-corrected chi connectivity index (χ1v) is 4.00. The average Bonchev–Trinajstić information content (AvgIpc) is 2.75. The highest BCUT2D eigenvalue weighted by molar-refractivity contribution is 5.25. The fourth-order valence-corrected chi connectivity index (χ4v) is 1.37. The molecule has 1 aromatic heterocycles. The van der Waals surface area contributed by atoms with Gasteiger partial charge in [0.1, 0.15) is 0 Å². The molecule has 0 aromatic carbocycles. The van der Waals surface area contributed by atoms with Crippen LogP contribution in [0.15, 0.2) is 6.20 Å².